The molecule has 0 radical (unpaired) electrons. The molecule has 1 heterocycles. The molecule has 0 saturated heterocycles. The summed E-state index contributed by atoms with van der Waals surface area (Å²) in [6.45, 7) is 4.73. The Balaban J connectivity index is 2.52. The van der Waals surface area contributed by atoms with E-state index in [1.807, 2.05) is 13.8 Å². The summed E-state index contributed by atoms with van der Waals surface area (Å²) >= 11 is 0. The Bertz CT molecular complexity index is 232. The second kappa shape index (κ2) is 4.21. The number of aromatic nitrogens is 2. The maximum atomic E-state index is 5.36. The highest BCUT2D eigenvalue weighted by molar-refractivity contribution is 4.90. The van der Waals surface area contributed by atoms with Gasteiger partial charge in [0.1, 0.15) is 0 Å². The SMILES string of the molecule is CC(C)c1nc(CCCN)no1. The van der Waals surface area contributed by atoms with Crippen LogP contribution in [0.3, 0.4) is 0 Å². The maximum absolute atomic E-state index is 5.36. The Morgan fingerprint density at radius 3 is 2.75 bits per heavy atom. The summed E-state index contributed by atoms with van der Waals surface area (Å²) in [6.07, 6.45) is 1.73. The van der Waals surface area contributed by atoms with Crippen LogP contribution in [0.2, 0.25) is 0 Å². The first-order valence-corrected chi connectivity index (χ1v) is 4.26. The van der Waals surface area contributed by atoms with Gasteiger partial charge in [-0.05, 0) is 13.0 Å². The Kier molecular flexibility index (Phi) is 3.22. The van der Waals surface area contributed by atoms with E-state index in [4.69, 9.17) is 10.3 Å². The van der Waals surface area contributed by atoms with E-state index in [1.54, 1.807) is 0 Å². The zero-order chi connectivity index (χ0) is 8.97. The second-order valence-electron chi connectivity index (χ2n) is 3.10. The van der Waals surface area contributed by atoms with Crippen molar-refractivity contribution >= 4 is 0 Å². The number of hydrogen-bond donors (Lipinski definition) is 1. The van der Waals surface area contributed by atoms with Crippen molar-refractivity contribution in [2.45, 2.75) is 32.6 Å². The molecule has 0 bridgehead atoms. The summed E-state index contributed by atoms with van der Waals surface area (Å²) in [4.78, 5) is 4.21. The molecule has 0 atom stereocenters. The second-order valence-corrected chi connectivity index (χ2v) is 3.10. The van der Waals surface area contributed by atoms with Crippen LogP contribution < -0.4 is 5.73 Å². The predicted octanol–water partition coefficient (Wildman–Crippen LogP) is 1.08. The predicted molar refractivity (Wildman–Crippen MR) is 45.8 cm³/mol. The van der Waals surface area contributed by atoms with Gasteiger partial charge in [-0.3, -0.25) is 0 Å². The van der Waals surface area contributed by atoms with Crippen molar-refractivity contribution in [3.8, 4) is 0 Å². The molecule has 0 amide bonds. The molecule has 0 fully saturated rings. The zero-order valence-electron chi connectivity index (χ0n) is 7.58. The fraction of sp³-hybridized carbons (Fsp3) is 0.750. The molecule has 0 unspecified atom stereocenters. The Morgan fingerprint density at radius 1 is 1.50 bits per heavy atom. The highest BCUT2D eigenvalue weighted by atomic mass is 16.5. The first kappa shape index (κ1) is 9.19. The summed E-state index contributed by atoms with van der Waals surface area (Å²) in [5.74, 6) is 1.79. The maximum Gasteiger partial charge on any atom is 0.229 e. The van der Waals surface area contributed by atoms with E-state index in [-0.39, 0.29) is 0 Å². The van der Waals surface area contributed by atoms with Gasteiger partial charge in [-0.2, -0.15) is 4.98 Å². The Hall–Kier alpha value is -0.900. The molecule has 0 aliphatic rings. The van der Waals surface area contributed by atoms with Crippen LogP contribution in [-0.2, 0) is 6.42 Å². The molecule has 4 nitrogen and oxygen atoms in total. The van der Waals surface area contributed by atoms with Crippen LogP contribution in [0.25, 0.3) is 0 Å². The van der Waals surface area contributed by atoms with Gasteiger partial charge < -0.3 is 10.3 Å². The minimum absolute atomic E-state index is 0.309. The van der Waals surface area contributed by atoms with Gasteiger partial charge in [-0.25, -0.2) is 0 Å². The standard InChI is InChI=1S/C8H15N3O/c1-6(2)8-10-7(11-12-8)4-3-5-9/h6H,3-5,9H2,1-2H3. The largest absolute Gasteiger partial charge is 0.339 e. The monoisotopic (exact) mass is 169 g/mol. The highest BCUT2D eigenvalue weighted by Crippen LogP contribution is 2.11. The molecule has 68 valence electrons. The van der Waals surface area contributed by atoms with E-state index >= 15 is 0 Å². The number of rotatable bonds is 4. The smallest absolute Gasteiger partial charge is 0.229 e. The van der Waals surface area contributed by atoms with Crippen LogP contribution in [0.1, 0.15) is 37.9 Å². The minimum Gasteiger partial charge on any atom is -0.339 e. The molecular weight excluding hydrogens is 154 g/mol. The number of nitrogens with zero attached hydrogens (tertiary/aromatic N) is 2. The van der Waals surface area contributed by atoms with Crippen LogP contribution in [-0.4, -0.2) is 16.7 Å². The molecular formula is C8H15N3O. The van der Waals surface area contributed by atoms with Gasteiger partial charge in [0.05, 0.1) is 0 Å². The summed E-state index contributed by atoms with van der Waals surface area (Å²) in [6, 6.07) is 0. The summed E-state index contributed by atoms with van der Waals surface area (Å²) in [5, 5.41) is 3.83. The lowest BCUT2D eigenvalue weighted by Gasteiger charge is -1.92. The van der Waals surface area contributed by atoms with Crippen molar-refractivity contribution in [3.05, 3.63) is 11.7 Å². The third kappa shape index (κ3) is 2.30. The third-order valence-electron chi connectivity index (χ3n) is 1.58. The van der Waals surface area contributed by atoms with Gasteiger partial charge in [0, 0.05) is 12.3 Å². The van der Waals surface area contributed by atoms with Gasteiger partial charge in [0.2, 0.25) is 5.89 Å². The molecule has 12 heavy (non-hydrogen) atoms. The zero-order valence-corrected chi connectivity index (χ0v) is 7.58. The Morgan fingerprint density at radius 2 is 2.25 bits per heavy atom. The van der Waals surface area contributed by atoms with Gasteiger partial charge in [0.15, 0.2) is 5.82 Å². The van der Waals surface area contributed by atoms with Crippen molar-refractivity contribution in [1.82, 2.24) is 10.1 Å². The molecule has 0 aromatic carbocycles. The number of aryl methyl sites for hydroxylation is 1. The third-order valence-corrected chi connectivity index (χ3v) is 1.58. The molecule has 1 rings (SSSR count). The molecule has 1 aromatic heterocycles. The van der Waals surface area contributed by atoms with Crippen LogP contribution in [0.15, 0.2) is 4.52 Å². The highest BCUT2D eigenvalue weighted by Gasteiger charge is 2.08. The van der Waals surface area contributed by atoms with Crippen molar-refractivity contribution < 1.29 is 4.52 Å². The summed E-state index contributed by atoms with van der Waals surface area (Å²) < 4.78 is 5.02. The minimum atomic E-state index is 0.309. The average molecular weight is 169 g/mol. The van der Waals surface area contributed by atoms with Crippen molar-refractivity contribution in [3.63, 3.8) is 0 Å². The van der Waals surface area contributed by atoms with Crippen molar-refractivity contribution in [2.24, 2.45) is 5.73 Å². The molecule has 1 aromatic rings. The van der Waals surface area contributed by atoms with Gasteiger partial charge >= 0.3 is 0 Å². The lowest BCUT2D eigenvalue weighted by molar-refractivity contribution is 0.360. The lowest BCUT2D eigenvalue weighted by atomic mass is 10.2. The lowest BCUT2D eigenvalue weighted by Crippen LogP contribution is -2.01. The van der Waals surface area contributed by atoms with Crippen molar-refractivity contribution in [2.75, 3.05) is 6.54 Å². The van der Waals surface area contributed by atoms with E-state index in [2.05, 4.69) is 10.1 Å². The molecule has 0 aliphatic carbocycles. The number of hydrogen-bond acceptors (Lipinski definition) is 4. The van der Waals surface area contributed by atoms with E-state index in [0.717, 1.165) is 18.7 Å². The topological polar surface area (TPSA) is 64.9 Å². The number of nitrogens with two attached hydrogens (primary N) is 1. The van der Waals surface area contributed by atoms with Crippen LogP contribution in [0.4, 0.5) is 0 Å². The molecule has 0 spiro atoms. The quantitative estimate of drug-likeness (QED) is 0.732. The van der Waals surface area contributed by atoms with Crippen LogP contribution in [0, 0.1) is 0 Å². The normalized spacial score (nSPS) is 11.0. The molecule has 2 N–H and O–H groups in total. The fourth-order valence-electron chi connectivity index (χ4n) is 0.864. The Labute approximate surface area is 72.1 Å². The van der Waals surface area contributed by atoms with E-state index < -0.39 is 0 Å². The first-order chi connectivity index (χ1) is 5.74. The van der Waals surface area contributed by atoms with Crippen LogP contribution in [0.5, 0.6) is 0 Å². The average Bonchev–Trinajstić information content (AvgIpc) is 2.48. The molecule has 0 saturated carbocycles. The summed E-state index contributed by atoms with van der Waals surface area (Å²) in [5.41, 5.74) is 5.36. The molecule has 4 heteroatoms. The van der Waals surface area contributed by atoms with Gasteiger partial charge in [0.25, 0.3) is 0 Å². The van der Waals surface area contributed by atoms with E-state index in [0.29, 0.717) is 18.4 Å². The van der Waals surface area contributed by atoms with Gasteiger partial charge in [-0.15, -0.1) is 0 Å². The van der Waals surface area contributed by atoms with Crippen LogP contribution >= 0.6 is 0 Å². The van der Waals surface area contributed by atoms with E-state index in [9.17, 15) is 0 Å². The molecule has 0 aliphatic heterocycles. The van der Waals surface area contributed by atoms with Gasteiger partial charge in [-0.1, -0.05) is 19.0 Å². The first-order valence-electron chi connectivity index (χ1n) is 4.26. The summed E-state index contributed by atoms with van der Waals surface area (Å²) in [7, 11) is 0. The fourth-order valence-corrected chi connectivity index (χ4v) is 0.864. The van der Waals surface area contributed by atoms with Crippen molar-refractivity contribution in [1.29, 1.82) is 0 Å². The van der Waals surface area contributed by atoms with E-state index in [1.165, 1.54) is 0 Å².